The Morgan fingerprint density at radius 1 is 1.29 bits per heavy atom. The minimum absolute atomic E-state index is 0.290. The van der Waals surface area contributed by atoms with E-state index >= 15 is 0 Å². The third-order valence-corrected chi connectivity index (χ3v) is 3.11. The second kappa shape index (κ2) is 5.43. The molecular weight excluding hydrogens is 266 g/mol. The number of para-hydroxylation sites is 1. The molecule has 0 fully saturated rings. The highest BCUT2D eigenvalue weighted by Crippen LogP contribution is 2.20. The lowest BCUT2D eigenvalue weighted by Crippen LogP contribution is -2.22. The molecule has 0 bridgehead atoms. The molecule has 6 heteroatoms. The largest absolute Gasteiger partial charge is 0.273 e. The number of nitriles is 1. The van der Waals surface area contributed by atoms with E-state index in [0.717, 1.165) is 16.5 Å². The van der Waals surface area contributed by atoms with Gasteiger partial charge in [0.1, 0.15) is 6.33 Å². The van der Waals surface area contributed by atoms with Gasteiger partial charge in [-0.1, -0.05) is 18.2 Å². The third kappa shape index (κ3) is 2.44. The molecule has 0 spiro atoms. The van der Waals surface area contributed by atoms with Crippen LogP contribution in [0.25, 0.3) is 10.9 Å². The summed E-state index contributed by atoms with van der Waals surface area (Å²) in [4.78, 5) is 19.8. The monoisotopic (exact) mass is 277 g/mol. The van der Waals surface area contributed by atoms with Gasteiger partial charge in [0.2, 0.25) is 0 Å². The lowest BCUT2D eigenvalue weighted by molar-refractivity contribution is 0.101. The maximum atomic E-state index is 12.1. The number of benzene rings is 1. The summed E-state index contributed by atoms with van der Waals surface area (Å²) in [5, 5.41) is 9.83. The molecule has 1 N–H and O–H groups in total. The van der Waals surface area contributed by atoms with Gasteiger partial charge < -0.3 is 0 Å². The summed E-state index contributed by atoms with van der Waals surface area (Å²) >= 11 is 0. The Balaban J connectivity index is 1.98. The summed E-state index contributed by atoms with van der Waals surface area (Å²) in [7, 11) is 0. The van der Waals surface area contributed by atoms with Crippen molar-refractivity contribution in [1.29, 1.82) is 5.26 Å². The predicted octanol–water partition coefficient (Wildman–Crippen LogP) is 1.88. The number of nitrogens with one attached hydrogen (secondary N) is 1. The molecule has 2 aromatic heterocycles. The van der Waals surface area contributed by atoms with Crippen LogP contribution in [0.1, 0.15) is 15.9 Å². The molecule has 3 aromatic rings. The SMILES string of the molecule is N#CCc1cn(NC(=O)c2cncnc2)c2ccccc12. The number of hydrogen-bond donors (Lipinski definition) is 1. The van der Waals surface area contributed by atoms with Crippen molar-refractivity contribution in [3.8, 4) is 6.07 Å². The highest BCUT2D eigenvalue weighted by atomic mass is 16.2. The average Bonchev–Trinajstić information content (AvgIpc) is 2.87. The molecule has 6 nitrogen and oxygen atoms in total. The Labute approximate surface area is 120 Å². The predicted molar refractivity (Wildman–Crippen MR) is 77.0 cm³/mol. The number of fused-ring (bicyclic) bond motifs is 1. The molecule has 0 saturated heterocycles. The Hall–Kier alpha value is -3.20. The van der Waals surface area contributed by atoms with Crippen LogP contribution in [0.3, 0.4) is 0 Å². The van der Waals surface area contributed by atoms with Gasteiger partial charge in [-0.2, -0.15) is 5.26 Å². The van der Waals surface area contributed by atoms with Crippen molar-refractivity contribution in [2.24, 2.45) is 0 Å². The minimum atomic E-state index is -0.306. The lowest BCUT2D eigenvalue weighted by Gasteiger charge is -2.07. The van der Waals surface area contributed by atoms with Crippen LogP contribution in [-0.4, -0.2) is 20.6 Å². The normalized spacial score (nSPS) is 10.2. The number of carbonyl (C=O) groups excluding carboxylic acids is 1. The second-order valence-electron chi connectivity index (χ2n) is 4.44. The number of carbonyl (C=O) groups is 1. The van der Waals surface area contributed by atoms with Crippen LogP contribution in [0.4, 0.5) is 0 Å². The number of amides is 1. The average molecular weight is 277 g/mol. The Kier molecular flexibility index (Phi) is 3.31. The molecule has 0 atom stereocenters. The summed E-state index contributed by atoms with van der Waals surface area (Å²) < 4.78 is 1.62. The molecular formula is C15H11N5O. The maximum absolute atomic E-state index is 12.1. The zero-order valence-corrected chi connectivity index (χ0v) is 11.0. The van der Waals surface area contributed by atoms with Crippen molar-refractivity contribution in [2.45, 2.75) is 6.42 Å². The number of hydrogen-bond acceptors (Lipinski definition) is 4. The molecule has 3 rings (SSSR count). The summed E-state index contributed by atoms with van der Waals surface area (Å²) in [6.45, 7) is 0. The van der Waals surface area contributed by atoms with Gasteiger partial charge in [-0.05, 0) is 11.6 Å². The van der Waals surface area contributed by atoms with Gasteiger partial charge in [-0.15, -0.1) is 0 Å². The van der Waals surface area contributed by atoms with Gasteiger partial charge in [0.25, 0.3) is 5.91 Å². The van der Waals surface area contributed by atoms with E-state index in [9.17, 15) is 4.79 Å². The van der Waals surface area contributed by atoms with E-state index in [1.165, 1.54) is 18.7 Å². The number of nitrogens with zero attached hydrogens (tertiary/aromatic N) is 4. The van der Waals surface area contributed by atoms with Crippen molar-refractivity contribution < 1.29 is 4.79 Å². The fourth-order valence-corrected chi connectivity index (χ4v) is 2.16. The van der Waals surface area contributed by atoms with E-state index in [4.69, 9.17) is 5.26 Å². The first-order valence-electron chi connectivity index (χ1n) is 6.32. The van der Waals surface area contributed by atoms with Crippen molar-refractivity contribution in [2.75, 3.05) is 5.43 Å². The standard InChI is InChI=1S/C15H11N5O/c16-6-5-11-9-20(14-4-2-1-3-13(11)14)19-15(21)12-7-17-10-18-8-12/h1-4,7-10H,5H2,(H,19,21). The zero-order chi connectivity index (χ0) is 14.7. The highest BCUT2D eigenvalue weighted by Gasteiger charge is 2.11. The van der Waals surface area contributed by atoms with E-state index in [1.54, 1.807) is 10.9 Å². The summed E-state index contributed by atoms with van der Waals surface area (Å²) in [6.07, 6.45) is 6.31. The van der Waals surface area contributed by atoms with Gasteiger partial charge in [0, 0.05) is 24.0 Å². The summed E-state index contributed by atoms with van der Waals surface area (Å²) in [6, 6.07) is 9.73. The van der Waals surface area contributed by atoms with Crippen LogP contribution in [0, 0.1) is 11.3 Å². The quantitative estimate of drug-likeness (QED) is 0.792. The molecule has 0 aliphatic rings. The third-order valence-electron chi connectivity index (χ3n) is 3.11. The van der Waals surface area contributed by atoms with Crippen LogP contribution in [-0.2, 0) is 6.42 Å². The first-order chi connectivity index (χ1) is 10.3. The van der Waals surface area contributed by atoms with E-state index in [-0.39, 0.29) is 12.3 Å². The second-order valence-corrected chi connectivity index (χ2v) is 4.44. The molecule has 0 saturated carbocycles. The van der Waals surface area contributed by atoms with Gasteiger partial charge in [-0.3, -0.25) is 14.9 Å². The maximum Gasteiger partial charge on any atom is 0.273 e. The summed E-state index contributed by atoms with van der Waals surface area (Å²) in [5.41, 5.74) is 4.85. The molecule has 0 aliphatic carbocycles. The van der Waals surface area contributed by atoms with Crippen LogP contribution in [0.5, 0.6) is 0 Å². The lowest BCUT2D eigenvalue weighted by atomic mass is 10.1. The van der Waals surface area contributed by atoms with E-state index in [2.05, 4.69) is 21.5 Å². The van der Waals surface area contributed by atoms with E-state index in [0.29, 0.717) is 5.56 Å². The van der Waals surface area contributed by atoms with Gasteiger partial charge in [0.15, 0.2) is 0 Å². The van der Waals surface area contributed by atoms with Crippen LogP contribution >= 0.6 is 0 Å². The molecule has 102 valence electrons. The molecule has 1 aromatic carbocycles. The fourth-order valence-electron chi connectivity index (χ4n) is 2.16. The molecule has 1 amide bonds. The van der Waals surface area contributed by atoms with Gasteiger partial charge in [0.05, 0.1) is 23.6 Å². The fraction of sp³-hybridized carbons (Fsp3) is 0.0667. The topological polar surface area (TPSA) is 83.6 Å². The Morgan fingerprint density at radius 2 is 2.05 bits per heavy atom. The highest BCUT2D eigenvalue weighted by molar-refractivity contribution is 6.00. The molecule has 0 unspecified atom stereocenters. The van der Waals surface area contributed by atoms with Crippen LogP contribution in [0.15, 0.2) is 49.2 Å². The number of rotatable bonds is 3. The van der Waals surface area contributed by atoms with Crippen molar-refractivity contribution in [1.82, 2.24) is 14.6 Å². The molecule has 0 radical (unpaired) electrons. The van der Waals surface area contributed by atoms with Gasteiger partial charge >= 0.3 is 0 Å². The smallest absolute Gasteiger partial charge is 0.267 e. The zero-order valence-electron chi connectivity index (χ0n) is 11.0. The molecule has 2 heterocycles. The minimum Gasteiger partial charge on any atom is -0.267 e. The van der Waals surface area contributed by atoms with Crippen molar-refractivity contribution in [3.05, 3.63) is 60.3 Å². The van der Waals surface area contributed by atoms with Crippen molar-refractivity contribution in [3.63, 3.8) is 0 Å². The Morgan fingerprint density at radius 3 is 2.81 bits per heavy atom. The van der Waals surface area contributed by atoms with E-state index < -0.39 is 0 Å². The Bertz CT molecular complexity index is 832. The number of aromatic nitrogens is 3. The first-order valence-corrected chi connectivity index (χ1v) is 6.32. The first kappa shape index (κ1) is 12.8. The van der Waals surface area contributed by atoms with Crippen LogP contribution < -0.4 is 5.43 Å². The van der Waals surface area contributed by atoms with Crippen molar-refractivity contribution >= 4 is 16.8 Å². The van der Waals surface area contributed by atoms with Crippen LogP contribution in [0.2, 0.25) is 0 Å². The van der Waals surface area contributed by atoms with E-state index in [1.807, 2.05) is 24.3 Å². The van der Waals surface area contributed by atoms with Gasteiger partial charge in [-0.25, -0.2) is 9.97 Å². The molecule has 0 aliphatic heterocycles. The molecule has 21 heavy (non-hydrogen) atoms. The summed E-state index contributed by atoms with van der Waals surface area (Å²) in [5.74, 6) is -0.306.